The van der Waals surface area contributed by atoms with Gasteiger partial charge in [-0.2, -0.15) is 0 Å². The molecule has 3 heterocycles. The lowest BCUT2D eigenvalue weighted by atomic mass is 9.33. The number of nitrogens with zero attached hydrogens (tertiary/aromatic N) is 2. The first-order valence-corrected chi connectivity index (χ1v) is 25.0. The smallest absolute Gasteiger partial charge is 0.252 e. The fourth-order valence-corrected chi connectivity index (χ4v) is 11.1. The Hall–Kier alpha value is -6.78. The van der Waals surface area contributed by atoms with Crippen molar-refractivity contribution in [3.05, 3.63) is 186 Å². The molecule has 0 spiro atoms. The lowest BCUT2D eigenvalue weighted by Crippen LogP contribution is -2.61. The van der Waals surface area contributed by atoms with Crippen LogP contribution in [0.1, 0.15) is 111 Å². The molecule has 1 aromatic heterocycles. The summed E-state index contributed by atoms with van der Waals surface area (Å²) in [6.45, 7) is 29.9. The van der Waals surface area contributed by atoms with Gasteiger partial charge in [-0.15, -0.1) is 0 Å². The van der Waals surface area contributed by atoms with Crippen LogP contribution in [0.25, 0.3) is 44.2 Å². The van der Waals surface area contributed by atoms with Crippen LogP contribution in [0.5, 0.6) is 0 Å². The molecule has 69 heavy (non-hydrogen) atoms. The van der Waals surface area contributed by atoms with Crippen LogP contribution in [0.3, 0.4) is 0 Å². The minimum absolute atomic E-state index is 0.0270. The summed E-state index contributed by atoms with van der Waals surface area (Å²) in [6, 6.07) is 60.2. The summed E-state index contributed by atoms with van der Waals surface area (Å²) in [5.74, 6) is 0. The molecule has 0 N–H and O–H groups in total. The maximum Gasteiger partial charge on any atom is 0.252 e. The van der Waals surface area contributed by atoms with Crippen LogP contribution in [-0.2, 0) is 21.7 Å². The van der Waals surface area contributed by atoms with Crippen molar-refractivity contribution in [2.75, 3.05) is 9.80 Å². The first-order chi connectivity index (χ1) is 32.7. The third-order valence-corrected chi connectivity index (χ3v) is 14.9. The van der Waals surface area contributed by atoms with E-state index in [0.29, 0.717) is 0 Å². The minimum atomic E-state index is -0.0817. The van der Waals surface area contributed by atoms with E-state index < -0.39 is 0 Å². The molecule has 9 aromatic rings. The minimum Gasteiger partial charge on any atom is -0.455 e. The Bertz CT molecular complexity index is 3510. The van der Waals surface area contributed by atoms with Crippen molar-refractivity contribution >= 4 is 79.2 Å². The fourth-order valence-electron chi connectivity index (χ4n) is 11.1. The Morgan fingerprint density at radius 1 is 0.391 bits per heavy atom. The van der Waals surface area contributed by atoms with Crippen molar-refractivity contribution in [2.45, 2.75) is 112 Å². The second-order valence-corrected chi connectivity index (χ2v) is 24.0. The summed E-state index contributed by atoms with van der Waals surface area (Å²) >= 11 is 0. The molecule has 0 bridgehead atoms. The molecule has 0 aliphatic carbocycles. The van der Waals surface area contributed by atoms with Gasteiger partial charge < -0.3 is 14.2 Å². The lowest BCUT2D eigenvalue weighted by molar-refractivity contribution is 0.573. The molecule has 0 amide bonds. The van der Waals surface area contributed by atoms with E-state index in [1.807, 2.05) is 0 Å². The SMILES string of the molecule is Cc1cccc(-c2cc3c4c(c2)N(c2ccccc2-c2cccc5c2oc2c(C(C)(C)C)cccc25)c2ccc(C(C)(C)C)cc2B4c2cc(C(C)(C)C)ccc2N3c2ccc(C(C)(C)C)cc2)c1. The highest BCUT2D eigenvalue weighted by molar-refractivity contribution is 7.00. The molecular formula is C65H65BN2O. The molecule has 8 aromatic carbocycles. The first kappa shape index (κ1) is 44.7. The van der Waals surface area contributed by atoms with Gasteiger partial charge in [0.15, 0.2) is 0 Å². The number of para-hydroxylation sites is 3. The zero-order chi connectivity index (χ0) is 48.5. The van der Waals surface area contributed by atoms with Gasteiger partial charge in [0.25, 0.3) is 6.71 Å². The Balaban J connectivity index is 1.26. The summed E-state index contributed by atoms with van der Waals surface area (Å²) in [5, 5.41) is 2.29. The number of fused-ring (bicyclic) bond motifs is 7. The van der Waals surface area contributed by atoms with E-state index in [9.17, 15) is 0 Å². The third kappa shape index (κ3) is 7.41. The van der Waals surface area contributed by atoms with Crippen molar-refractivity contribution in [1.29, 1.82) is 0 Å². The number of furan rings is 1. The maximum absolute atomic E-state index is 7.13. The van der Waals surface area contributed by atoms with Crippen molar-refractivity contribution in [1.82, 2.24) is 0 Å². The van der Waals surface area contributed by atoms with Gasteiger partial charge in [-0.25, -0.2) is 0 Å². The molecular weight excluding hydrogens is 836 g/mol. The Morgan fingerprint density at radius 2 is 0.928 bits per heavy atom. The molecule has 0 radical (unpaired) electrons. The average Bonchev–Trinajstić information content (AvgIpc) is 3.69. The standard InChI is InChI=1S/C65H65BN2O/c1-40-19-16-20-41(35-40)42-36-57-59-58(37-42)68(54-26-15-14-21-47(54)48-22-17-23-49-50-24-18-25-51(65(11,12)13)61(50)69-60(48)49)56-34-30-45(64(8,9)10)39-53(56)66(59)52-38-44(63(5,6)7)29-33-55(52)67(57)46-31-27-43(28-32-46)62(2,3)4/h14-39H,1-13H3. The molecule has 0 unspecified atom stereocenters. The van der Waals surface area contributed by atoms with Gasteiger partial charge >= 0.3 is 0 Å². The molecule has 3 nitrogen and oxygen atoms in total. The predicted octanol–water partition coefficient (Wildman–Crippen LogP) is 16.5. The number of hydrogen-bond donors (Lipinski definition) is 0. The number of aryl methyl sites for hydroxylation is 1. The zero-order valence-electron chi connectivity index (χ0n) is 42.9. The van der Waals surface area contributed by atoms with Crippen LogP contribution >= 0.6 is 0 Å². The van der Waals surface area contributed by atoms with E-state index in [2.05, 4.69) is 258 Å². The van der Waals surface area contributed by atoms with E-state index in [4.69, 9.17) is 4.42 Å². The molecule has 0 atom stereocenters. The quantitative estimate of drug-likeness (QED) is 0.164. The normalized spacial score (nSPS) is 13.8. The largest absolute Gasteiger partial charge is 0.455 e. The van der Waals surface area contributed by atoms with Gasteiger partial charge in [-0.1, -0.05) is 204 Å². The van der Waals surface area contributed by atoms with Crippen molar-refractivity contribution < 1.29 is 4.42 Å². The van der Waals surface area contributed by atoms with Crippen molar-refractivity contribution in [2.24, 2.45) is 0 Å². The molecule has 0 saturated carbocycles. The van der Waals surface area contributed by atoms with E-state index in [-0.39, 0.29) is 28.4 Å². The lowest BCUT2D eigenvalue weighted by Gasteiger charge is -2.45. The number of rotatable bonds is 4. The number of hydrogen-bond acceptors (Lipinski definition) is 3. The van der Waals surface area contributed by atoms with Crippen LogP contribution in [0.2, 0.25) is 0 Å². The second-order valence-electron chi connectivity index (χ2n) is 24.0. The third-order valence-electron chi connectivity index (χ3n) is 14.9. The molecule has 4 heteroatoms. The molecule has 2 aliphatic rings. The van der Waals surface area contributed by atoms with Crippen LogP contribution in [0.4, 0.5) is 34.1 Å². The van der Waals surface area contributed by atoms with Gasteiger partial charge in [0.05, 0.1) is 5.69 Å². The maximum atomic E-state index is 7.13. The van der Waals surface area contributed by atoms with Crippen LogP contribution < -0.4 is 26.2 Å². The highest BCUT2D eigenvalue weighted by Crippen LogP contribution is 2.50. The van der Waals surface area contributed by atoms with Crippen LogP contribution in [0.15, 0.2) is 162 Å². The topological polar surface area (TPSA) is 19.6 Å². The summed E-state index contributed by atoms with van der Waals surface area (Å²) in [5.41, 5.74) is 23.8. The highest BCUT2D eigenvalue weighted by Gasteiger charge is 2.45. The van der Waals surface area contributed by atoms with Crippen molar-refractivity contribution in [3.8, 4) is 22.3 Å². The molecule has 344 valence electrons. The number of anilines is 6. The van der Waals surface area contributed by atoms with E-state index in [0.717, 1.165) is 44.4 Å². The molecule has 0 fully saturated rings. The highest BCUT2D eigenvalue weighted by atomic mass is 16.3. The van der Waals surface area contributed by atoms with E-state index in [1.165, 1.54) is 78.1 Å². The van der Waals surface area contributed by atoms with E-state index in [1.54, 1.807) is 0 Å². The summed E-state index contributed by atoms with van der Waals surface area (Å²) in [7, 11) is 0. The molecule has 0 saturated heterocycles. The van der Waals surface area contributed by atoms with Gasteiger partial charge in [0.2, 0.25) is 0 Å². The Kier molecular flexibility index (Phi) is 10.1. The summed E-state index contributed by atoms with van der Waals surface area (Å²) in [4.78, 5) is 5.15. The van der Waals surface area contributed by atoms with Crippen LogP contribution in [0, 0.1) is 6.92 Å². The Labute approximate surface area is 410 Å². The predicted molar refractivity (Wildman–Crippen MR) is 298 cm³/mol. The molecule has 11 rings (SSSR count). The van der Waals surface area contributed by atoms with Gasteiger partial charge in [0.1, 0.15) is 11.2 Å². The number of benzene rings is 8. The monoisotopic (exact) mass is 901 g/mol. The van der Waals surface area contributed by atoms with Gasteiger partial charge in [-0.3, -0.25) is 0 Å². The average molecular weight is 901 g/mol. The van der Waals surface area contributed by atoms with E-state index >= 15 is 0 Å². The zero-order valence-corrected chi connectivity index (χ0v) is 42.9. The first-order valence-electron chi connectivity index (χ1n) is 25.0. The Morgan fingerprint density at radius 3 is 1.54 bits per heavy atom. The van der Waals surface area contributed by atoms with Crippen molar-refractivity contribution in [3.63, 3.8) is 0 Å². The second kappa shape index (κ2) is 15.6. The van der Waals surface area contributed by atoms with Gasteiger partial charge in [-0.05, 0) is 115 Å². The van der Waals surface area contributed by atoms with Crippen LogP contribution in [-0.4, -0.2) is 6.71 Å². The fraction of sp³-hybridized carbons (Fsp3) is 0.262. The summed E-state index contributed by atoms with van der Waals surface area (Å²) in [6.07, 6.45) is 0. The van der Waals surface area contributed by atoms with Gasteiger partial charge in [0, 0.05) is 55.9 Å². The summed E-state index contributed by atoms with van der Waals surface area (Å²) < 4.78 is 7.13. The molecule has 2 aliphatic heterocycles.